The van der Waals surface area contributed by atoms with Gasteiger partial charge in [0.15, 0.2) is 0 Å². The van der Waals surface area contributed by atoms with Gasteiger partial charge in [-0.3, -0.25) is 14.7 Å². The number of nitrogen functional groups attached to an aromatic ring is 1. The first kappa shape index (κ1) is 25.8. The van der Waals surface area contributed by atoms with Crippen LogP contribution in [0.1, 0.15) is 26.5 Å². The van der Waals surface area contributed by atoms with Gasteiger partial charge in [-0.1, -0.05) is 32.9 Å². The predicted molar refractivity (Wildman–Crippen MR) is 147 cm³/mol. The third-order valence-electron chi connectivity index (χ3n) is 5.95. The molecule has 0 aliphatic rings. The van der Waals surface area contributed by atoms with Gasteiger partial charge in [0.2, 0.25) is 5.95 Å². The fourth-order valence-electron chi connectivity index (χ4n) is 3.86. The summed E-state index contributed by atoms with van der Waals surface area (Å²) in [5, 5.41) is 11.2. The Morgan fingerprint density at radius 3 is 2.59 bits per heavy atom. The first-order chi connectivity index (χ1) is 17.4. The van der Waals surface area contributed by atoms with Gasteiger partial charge in [-0.25, -0.2) is 14.5 Å². The van der Waals surface area contributed by atoms with Gasteiger partial charge in [0.25, 0.3) is 5.56 Å². The lowest BCUT2D eigenvalue weighted by Gasteiger charge is -2.14. The molecule has 11 heteroatoms. The number of rotatable bonds is 6. The van der Waals surface area contributed by atoms with Crippen LogP contribution in [0.2, 0.25) is 0 Å². The number of hydrogen-bond acceptors (Lipinski definition) is 7. The number of carbonyl (C=O) groups is 1. The van der Waals surface area contributed by atoms with Gasteiger partial charge in [0.05, 0.1) is 12.2 Å². The zero-order valence-electron chi connectivity index (χ0n) is 22.0. The van der Waals surface area contributed by atoms with E-state index in [4.69, 9.17) is 10.8 Å². The third-order valence-corrected chi connectivity index (χ3v) is 5.95. The van der Waals surface area contributed by atoms with Crippen LogP contribution in [-0.4, -0.2) is 55.9 Å². The molecular weight excluding hydrogens is 470 g/mol. The molecule has 3 aromatic heterocycles. The van der Waals surface area contributed by atoms with Crippen molar-refractivity contribution in [1.82, 2.24) is 29.2 Å². The van der Waals surface area contributed by atoms with Crippen LogP contribution in [0.15, 0.2) is 47.4 Å². The predicted octanol–water partition coefficient (Wildman–Crippen LogP) is 3.28. The Balaban J connectivity index is 1.58. The van der Waals surface area contributed by atoms with Crippen molar-refractivity contribution in [2.75, 3.05) is 37.0 Å². The minimum atomic E-state index is -0.404. The van der Waals surface area contributed by atoms with Crippen LogP contribution in [0.3, 0.4) is 0 Å². The first-order valence-electron chi connectivity index (χ1n) is 12.0. The molecule has 11 nitrogen and oxygen atoms in total. The summed E-state index contributed by atoms with van der Waals surface area (Å²) in [6.07, 6.45) is 1.58. The molecule has 0 bridgehead atoms. The summed E-state index contributed by atoms with van der Waals surface area (Å²) >= 11 is 0. The Labute approximate surface area is 215 Å². The molecule has 0 spiro atoms. The summed E-state index contributed by atoms with van der Waals surface area (Å²) in [5.74, 6) is 0.716. The number of urea groups is 1. The second-order valence-electron chi connectivity index (χ2n) is 10.3. The Kier molecular flexibility index (Phi) is 6.99. The van der Waals surface area contributed by atoms with E-state index >= 15 is 0 Å². The fraction of sp³-hybridized carbons (Fsp3) is 0.346. The number of nitrogens with zero attached hydrogens (tertiary/aromatic N) is 6. The molecule has 4 aromatic rings. The molecule has 0 saturated heterocycles. The van der Waals surface area contributed by atoms with Crippen LogP contribution in [0.4, 0.5) is 22.2 Å². The number of anilines is 3. The van der Waals surface area contributed by atoms with E-state index < -0.39 is 6.03 Å². The van der Waals surface area contributed by atoms with E-state index in [0.29, 0.717) is 40.2 Å². The number of aryl methyl sites for hydroxylation is 1. The van der Waals surface area contributed by atoms with E-state index in [1.807, 2.05) is 30.9 Å². The van der Waals surface area contributed by atoms with Crippen molar-refractivity contribution in [3.8, 4) is 11.1 Å². The van der Waals surface area contributed by atoms with Crippen LogP contribution in [0.5, 0.6) is 0 Å². The summed E-state index contributed by atoms with van der Waals surface area (Å²) in [6, 6.07) is 10.3. The Morgan fingerprint density at radius 1 is 1.14 bits per heavy atom. The molecule has 0 fully saturated rings. The highest BCUT2D eigenvalue weighted by Crippen LogP contribution is 2.25. The van der Waals surface area contributed by atoms with Gasteiger partial charge in [0, 0.05) is 47.9 Å². The van der Waals surface area contributed by atoms with Crippen molar-refractivity contribution in [2.45, 2.75) is 32.7 Å². The summed E-state index contributed by atoms with van der Waals surface area (Å²) in [4.78, 5) is 36.2. The van der Waals surface area contributed by atoms with Gasteiger partial charge >= 0.3 is 6.03 Å². The molecule has 37 heavy (non-hydrogen) atoms. The minimum Gasteiger partial charge on any atom is -0.368 e. The number of aromatic nitrogens is 5. The van der Waals surface area contributed by atoms with E-state index in [2.05, 4.69) is 46.3 Å². The lowest BCUT2D eigenvalue weighted by molar-refractivity contribution is 0.262. The highest BCUT2D eigenvalue weighted by Gasteiger charge is 2.21. The lowest BCUT2D eigenvalue weighted by atomic mass is 9.92. The largest absolute Gasteiger partial charge is 0.368 e. The van der Waals surface area contributed by atoms with Gasteiger partial charge in [0.1, 0.15) is 11.5 Å². The summed E-state index contributed by atoms with van der Waals surface area (Å²) in [7, 11) is 5.63. The van der Waals surface area contributed by atoms with Crippen molar-refractivity contribution in [3.05, 3.63) is 58.6 Å². The van der Waals surface area contributed by atoms with Crippen LogP contribution < -0.4 is 21.9 Å². The average Bonchev–Trinajstić information content (AvgIpc) is 3.23. The van der Waals surface area contributed by atoms with Crippen molar-refractivity contribution in [2.24, 2.45) is 7.05 Å². The summed E-state index contributed by atoms with van der Waals surface area (Å²) in [6.45, 7) is 7.66. The first-order valence-corrected chi connectivity index (χ1v) is 12.0. The van der Waals surface area contributed by atoms with Gasteiger partial charge in [-0.15, -0.1) is 0 Å². The molecule has 0 saturated carbocycles. The van der Waals surface area contributed by atoms with Crippen molar-refractivity contribution in [3.63, 3.8) is 0 Å². The number of fused-ring (bicyclic) bond motifs is 1. The summed E-state index contributed by atoms with van der Waals surface area (Å²) in [5.41, 5.74) is 8.30. The second-order valence-corrected chi connectivity index (χ2v) is 10.3. The van der Waals surface area contributed by atoms with Crippen LogP contribution in [0.25, 0.3) is 22.2 Å². The van der Waals surface area contributed by atoms with E-state index in [9.17, 15) is 9.59 Å². The highest BCUT2D eigenvalue weighted by molar-refractivity contribution is 5.99. The average molecular weight is 504 g/mol. The molecule has 4 N–H and O–H groups in total. The van der Waals surface area contributed by atoms with Gasteiger partial charge in [-0.2, -0.15) is 10.1 Å². The maximum absolute atomic E-state index is 13.0. The standard InChI is InChI=1S/C26H33N9O2/c1-26(2,3)20-14-21(35(32-20)11-10-33(4)5)30-25(37)29-18-9-7-8-16(12-18)19-13-17-15-28-24(27)31-22(17)34(6)23(19)36/h7-9,12-15H,10-11H2,1-6H3,(H2,27,28,31)(H2,29,30,37). The quantitative estimate of drug-likeness (QED) is 0.367. The molecule has 1 aromatic carbocycles. The van der Waals surface area contributed by atoms with Crippen LogP contribution in [-0.2, 0) is 19.0 Å². The van der Waals surface area contributed by atoms with E-state index in [1.165, 1.54) is 4.57 Å². The van der Waals surface area contributed by atoms with Crippen molar-refractivity contribution < 1.29 is 4.79 Å². The maximum Gasteiger partial charge on any atom is 0.324 e. The molecule has 0 aliphatic heterocycles. The molecule has 0 atom stereocenters. The fourth-order valence-corrected chi connectivity index (χ4v) is 3.86. The van der Waals surface area contributed by atoms with Gasteiger partial charge in [-0.05, 0) is 37.9 Å². The third kappa shape index (κ3) is 5.78. The number of benzene rings is 1. The topological polar surface area (TPSA) is 136 Å². The molecule has 2 amide bonds. The molecule has 3 heterocycles. The van der Waals surface area contributed by atoms with E-state index in [-0.39, 0.29) is 16.9 Å². The van der Waals surface area contributed by atoms with Gasteiger partial charge < -0.3 is 16.0 Å². The zero-order valence-corrected chi connectivity index (χ0v) is 22.0. The molecule has 194 valence electrons. The SMILES string of the molecule is CN(C)CCn1nc(C(C)(C)C)cc1NC(=O)Nc1cccc(-c2cc3cnc(N)nc3n(C)c2=O)c1. The van der Waals surface area contributed by atoms with Crippen molar-refractivity contribution >= 4 is 34.5 Å². The second kappa shape index (κ2) is 10.0. The number of hydrogen-bond donors (Lipinski definition) is 3. The highest BCUT2D eigenvalue weighted by atomic mass is 16.2. The molecule has 0 radical (unpaired) electrons. The van der Waals surface area contributed by atoms with E-state index in [1.54, 1.807) is 37.5 Å². The van der Waals surface area contributed by atoms with Crippen LogP contribution >= 0.6 is 0 Å². The van der Waals surface area contributed by atoms with Crippen molar-refractivity contribution in [1.29, 1.82) is 0 Å². The summed E-state index contributed by atoms with van der Waals surface area (Å²) < 4.78 is 3.25. The Hall–Kier alpha value is -4.25. The lowest BCUT2D eigenvalue weighted by Crippen LogP contribution is -2.24. The Bertz CT molecular complexity index is 1510. The number of carbonyl (C=O) groups excluding carboxylic acids is 1. The molecule has 0 unspecified atom stereocenters. The maximum atomic E-state index is 13.0. The number of nitrogens with two attached hydrogens (primary N) is 1. The minimum absolute atomic E-state index is 0.102. The number of likely N-dealkylation sites (N-methyl/N-ethyl adjacent to an activating group) is 1. The molecule has 0 aliphatic carbocycles. The monoisotopic (exact) mass is 503 g/mol. The molecule has 4 rings (SSSR count). The smallest absolute Gasteiger partial charge is 0.324 e. The van der Waals surface area contributed by atoms with E-state index in [0.717, 1.165) is 12.2 Å². The number of nitrogens with one attached hydrogen (secondary N) is 2. The molecular formula is C26H33N9O2. The Morgan fingerprint density at radius 2 is 1.89 bits per heavy atom. The number of pyridine rings is 1. The number of amides is 2. The normalized spacial score (nSPS) is 11.8. The zero-order chi connectivity index (χ0) is 26.9. The van der Waals surface area contributed by atoms with Crippen LogP contribution in [0, 0.1) is 0 Å².